The fraction of sp³-hybridized carbons (Fsp3) is 0.600. The van der Waals surface area contributed by atoms with E-state index in [-0.39, 0.29) is 0 Å². The first kappa shape index (κ1) is 13.4. The van der Waals surface area contributed by atoms with Crippen molar-refractivity contribution < 1.29 is 9.84 Å². The fourth-order valence-corrected chi connectivity index (χ4v) is 2.44. The summed E-state index contributed by atoms with van der Waals surface area (Å²) in [5, 5.41) is 10.2. The predicted molar refractivity (Wildman–Crippen MR) is 72.9 cm³/mol. The van der Waals surface area contributed by atoms with Crippen LogP contribution < -0.4 is 4.74 Å². The molecule has 1 fully saturated rings. The van der Waals surface area contributed by atoms with E-state index in [9.17, 15) is 5.11 Å². The summed E-state index contributed by atoms with van der Waals surface area (Å²) >= 11 is 0. The molecule has 1 aliphatic heterocycles. The summed E-state index contributed by atoms with van der Waals surface area (Å²) in [6.45, 7) is 5.63. The van der Waals surface area contributed by atoms with Crippen molar-refractivity contribution in [3.05, 3.63) is 29.8 Å². The monoisotopic (exact) mass is 249 g/mol. The van der Waals surface area contributed by atoms with Gasteiger partial charge in [0.1, 0.15) is 5.75 Å². The number of β-amino-alcohol motifs (C(OH)–C–C–N with tert-alkyl or cyclic N) is 1. The lowest BCUT2D eigenvalue weighted by atomic mass is 10.1. The molecule has 1 heterocycles. The van der Waals surface area contributed by atoms with Crippen LogP contribution in [0, 0.1) is 0 Å². The molecule has 1 atom stereocenters. The lowest BCUT2D eigenvalue weighted by molar-refractivity contribution is 0.101. The van der Waals surface area contributed by atoms with E-state index in [1.54, 1.807) is 0 Å². The van der Waals surface area contributed by atoms with E-state index < -0.39 is 6.10 Å². The number of rotatable bonds is 5. The van der Waals surface area contributed by atoms with Crippen molar-refractivity contribution in [2.45, 2.75) is 32.3 Å². The molecule has 1 unspecified atom stereocenters. The van der Waals surface area contributed by atoms with Crippen LogP contribution in [0.15, 0.2) is 24.3 Å². The summed E-state index contributed by atoms with van der Waals surface area (Å²) in [6, 6.07) is 7.77. The van der Waals surface area contributed by atoms with Crippen molar-refractivity contribution in [3.8, 4) is 5.75 Å². The van der Waals surface area contributed by atoms with Gasteiger partial charge < -0.3 is 14.7 Å². The van der Waals surface area contributed by atoms with Crippen molar-refractivity contribution in [2.24, 2.45) is 0 Å². The second-order valence-electron chi connectivity index (χ2n) is 4.88. The molecule has 100 valence electrons. The number of nitrogens with zero attached hydrogens (tertiary/aromatic N) is 1. The smallest absolute Gasteiger partial charge is 0.119 e. The molecule has 3 heteroatoms. The number of hydrogen-bond donors (Lipinski definition) is 1. The van der Waals surface area contributed by atoms with Gasteiger partial charge in [-0.3, -0.25) is 0 Å². The molecular weight excluding hydrogens is 226 g/mol. The SMILES string of the molecule is CCOc1ccc(C(O)CN2CCCCC2)cc1. The second-order valence-corrected chi connectivity index (χ2v) is 4.88. The normalized spacial score (nSPS) is 18.6. The third kappa shape index (κ3) is 3.72. The van der Waals surface area contributed by atoms with E-state index >= 15 is 0 Å². The van der Waals surface area contributed by atoms with Gasteiger partial charge in [0, 0.05) is 6.54 Å². The number of aliphatic hydroxyl groups excluding tert-OH is 1. The lowest BCUT2D eigenvalue weighted by Crippen LogP contribution is -2.33. The van der Waals surface area contributed by atoms with E-state index in [1.807, 2.05) is 31.2 Å². The Hall–Kier alpha value is -1.06. The largest absolute Gasteiger partial charge is 0.494 e. The molecule has 3 nitrogen and oxygen atoms in total. The minimum atomic E-state index is -0.390. The second kappa shape index (κ2) is 6.76. The Balaban J connectivity index is 1.89. The third-order valence-corrected chi connectivity index (χ3v) is 3.46. The van der Waals surface area contributed by atoms with Gasteiger partial charge in [-0.2, -0.15) is 0 Å². The molecule has 0 spiro atoms. The molecule has 0 aromatic heterocycles. The Morgan fingerprint density at radius 1 is 1.17 bits per heavy atom. The minimum absolute atomic E-state index is 0.390. The van der Waals surface area contributed by atoms with Crippen molar-refractivity contribution in [1.29, 1.82) is 0 Å². The van der Waals surface area contributed by atoms with Gasteiger partial charge in [-0.15, -0.1) is 0 Å². The van der Waals surface area contributed by atoms with E-state index in [0.717, 1.165) is 30.9 Å². The van der Waals surface area contributed by atoms with Gasteiger partial charge in [0.2, 0.25) is 0 Å². The first-order chi connectivity index (χ1) is 8.79. The number of benzene rings is 1. The fourth-order valence-electron chi connectivity index (χ4n) is 2.44. The summed E-state index contributed by atoms with van der Waals surface area (Å²) in [4.78, 5) is 2.35. The Labute approximate surface area is 109 Å². The third-order valence-electron chi connectivity index (χ3n) is 3.46. The first-order valence-corrected chi connectivity index (χ1v) is 6.93. The van der Waals surface area contributed by atoms with Crippen LogP contribution in [0.4, 0.5) is 0 Å². The summed E-state index contributed by atoms with van der Waals surface area (Å²) in [7, 11) is 0. The molecular formula is C15H23NO2. The number of likely N-dealkylation sites (tertiary alicyclic amines) is 1. The maximum atomic E-state index is 10.2. The van der Waals surface area contributed by atoms with Crippen molar-refractivity contribution in [2.75, 3.05) is 26.2 Å². The Morgan fingerprint density at radius 2 is 1.83 bits per heavy atom. The minimum Gasteiger partial charge on any atom is -0.494 e. The van der Waals surface area contributed by atoms with Crippen LogP contribution in [0.5, 0.6) is 5.75 Å². The summed E-state index contributed by atoms with van der Waals surface area (Å²) < 4.78 is 5.40. The van der Waals surface area contributed by atoms with Crippen LogP contribution in [-0.2, 0) is 0 Å². The van der Waals surface area contributed by atoms with E-state index in [1.165, 1.54) is 19.3 Å². The van der Waals surface area contributed by atoms with Gasteiger partial charge in [-0.05, 0) is 50.6 Å². The molecule has 1 saturated heterocycles. The zero-order valence-electron chi connectivity index (χ0n) is 11.1. The average molecular weight is 249 g/mol. The van der Waals surface area contributed by atoms with Crippen LogP contribution in [0.25, 0.3) is 0 Å². The maximum Gasteiger partial charge on any atom is 0.119 e. The van der Waals surface area contributed by atoms with Crippen LogP contribution in [0.2, 0.25) is 0 Å². The van der Waals surface area contributed by atoms with Gasteiger partial charge in [0.15, 0.2) is 0 Å². The highest BCUT2D eigenvalue weighted by Crippen LogP contribution is 2.20. The van der Waals surface area contributed by atoms with E-state index in [4.69, 9.17) is 4.74 Å². The molecule has 1 aromatic rings. The van der Waals surface area contributed by atoms with Crippen LogP contribution in [0.3, 0.4) is 0 Å². The summed E-state index contributed by atoms with van der Waals surface area (Å²) in [5.41, 5.74) is 0.976. The molecule has 1 N–H and O–H groups in total. The number of hydrogen-bond acceptors (Lipinski definition) is 3. The van der Waals surface area contributed by atoms with Gasteiger partial charge in [0.25, 0.3) is 0 Å². The highest BCUT2D eigenvalue weighted by molar-refractivity contribution is 5.28. The molecule has 0 bridgehead atoms. The number of ether oxygens (including phenoxy) is 1. The van der Waals surface area contributed by atoms with Gasteiger partial charge in [-0.1, -0.05) is 18.6 Å². The molecule has 0 radical (unpaired) electrons. The highest BCUT2D eigenvalue weighted by atomic mass is 16.5. The van der Waals surface area contributed by atoms with Crippen LogP contribution in [-0.4, -0.2) is 36.2 Å². The predicted octanol–water partition coefficient (Wildman–Crippen LogP) is 2.60. The highest BCUT2D eigenvalue weighted by Gasteiger charge is 2.15. The molecule has 0 saturated carbocycles. The van der Waals surface area contributed by atoms with E-state index in [2.05, 4.69) is 4.90 Å². The standard InChI is InChI=1S/C15H23NO2/c1-2-18-14-8-6-13(7-9-14)15(17)12-16-10-4-3-5-11-16/h6-9,15,17H,2-5,10-12H2,1H3. The quantitative estimate of drug-likeness (QED) is 0.870. The molecule has 1 aliphatic rings. The van der Waals surface area contributed by atoms with Crippen LogP contribution in [0.1, 0.15) is 37.9 Å². The summed E-state index contributed by atoms with van der Waals surface area (Å²) in [5.74, 6) is 0.867. The molecule has 0 amide bonds. The van der Waals surface area contributed by atoms with Crippen molar-refractivity contribution >= 4 is 0 Å². The molecule has 0 aliphatic carbocycles. The van der Waals surface area contributed by atoms with E-state index in [0.29, 0.717) is 6.61 Å². The molecule has 18 heavy (non-hydrogen) atoms. The zero-order valence-corrected chi connectivity index (χ0v) is 11.1. The number of aliphatic hydroxyl groups is 1. The van der Waals surface area contributed by atoms with Crippen LogP contribution >= 0.6 is 0 Å². The van der Waals surface area contributed by atoms with Gasteiger partial charge in [0.05, 0.1) is 12.7 Å². The maximum absolute atomic E-state index is 10.2. The topological polar surface area (TPSA) is 32.7 Å². The van der Waals surface area contributed by atoms with Gasteiger partial charge in [-0.25, -0.2) is 0 Å². The lowest BCUT2D eigenvalue weighted by Gasteiger charge is -2.28. The zero-order chi connectivity index (χ0) is 12.8. The van der Waals surface area contributed by atoms with Crippen molar-refractivity contribution in [3.63, 3.8) is 0 Å². The first-order valence-electron chi connectivity index (χ1n) is 6.93. The Morgan fingerprint density at radius 3 is 2.44 bits per heavy atom. The van der Waals surface area contributed by atoms with Crippen molar-refractivity contribution in [1.82, 2.24) is 4.90 Å². The molecule has 2 rings (SSSR count). The number of piperidine rings is 1. The Kier molecular flexibility index (Phi) is 5.02. The molecule has 1 aromatic carbocycles. The Bertz CT molecular complexity index is 344. The average Bonchev–Trinajstić information content (AvgIpc) is 2.41. The summed E-state index contributed by atoms with van der Waals surface area (Å²) in [6.07, 6.45) is 3.46. The van der Waals surface area contributed by atoms with Gasteiger partial charge >= 0.3 is 0 Å².